The van der Waals surface area contributed by atoms with E-state index in [-0.39, 0.29) is 17.5 Å². The molecule has 21 heavy (non-hydrogen) atoms. The van der Waals surface area contributed by atoms with Gasteiger partial charge in [0.2, 0.25) is 0 Å². The van der Waals surface area contributed by atoms with Gasteiger partial charge in [-0.15, -0.1) is 11.3 Å². The lowest BCUT2D eigenvalue weighted by Crippen LogP contribution is -2.27. The zero-order valence-electron chi connectivity index (χ0n) is 11.3. The molecule has 0 fully saturated rings. The van der Waals surface area contributed by atoms with Crippen LogP contribution in [0, 0.1) is 11.3 Å². The summed E-state index contributed by atoms with van der Waals surface area (Å²) in [6.45, 7) is 1.89. The second-order valence-corrected chi connectivity index (χ2v) is 6.30. The van der Waals surface area contributed by atoms with E-state index in [4.69, 9.17) is 5.26 Å². The fraction of sp³-hybridized carbons (Fsp3) is 0.125. The predicted octanol–water partition coefficient (Wildman–Crippen LogP) is 4.29. The van der Waals surface area contributed by atoms with Crippen LogP contribution in [0.25, 0.3) is 6.08 Å². The third kappa shape index (κ3) is 4.28. The van der Waals surface area contributed by atoms with Gasteiger partial charge in [0, 0.05) is 14.7 Å². The molecule has 0 aliphatic rings. The number of halogens is 1. The molecule has 0 saturated heterocycles. The van der Waals surface area contributed by atoms with Gasteiger partial charge in [-0.1, -0.05) is 30.3 Å². The molecular weight excluding hydrogens is 348 g/mol. The maximum atomic E-state index is 12.2. The molecular formula is C16H13BrN2OS. The number of hydrogen-bond acceptors (Lipinski definition) is 3. The molecule has 2 aromatic rings. The van der Waals surface area contributed by atoms with Gasteiger partial charge in [-0.05, 0) is 40.6 Å². The number of hydrogen-bond donors (Lipinski definition) is 1. The Labute approximate surface area is 136 Å². The number of carbonyl (C=O) groups excluding carboxylic acids is 1. The predicted molar refractivity (Wildman–Crippen MR) is 88.6 cm³/mol. The number of thiophene rings is 1. The molecule has 0 aliphatic carbocycles. The summed E-state index contributed by atoms with van der Waals surface area (Å²) in [7, 11) is 0. The standard InChI is InChI=1S/C16H13BrN2OS/c1-11(12-5-3-2-4-6-12)19-16(20)13(9-18)7-15-8-14(17)10-21-15/h2-8,10-11H,1H3,(H,19,20)/b13-7+/t11-/m0/s1. The quantitative estimate of drug-likeness (QED) is 0.652. The lowest BCUT2D eigenvalue weighted by Gasteiger charge is -2.13. The van der Waals surface area contributed by atoms with Crippen molar-refractivity contribution in [2.75, 3.05) is 0 Å². The minimum atomic E-state index is -0.363. The first-order valence-corrected chi connectivity index (χ1v) is 7.99. The zero-order chi connectivity index (χ0) is 15.2. The number of amides is 1. The number of carbonyl (C=O) groups is 1. The molecule has 1 amide bonds. The smallest absolute Gasteiger partial charge is 0.262 e. The molecule has 0 bridgehead atoms. The van der Waals surface area contributed by atoms with Crippen molar-refractivity contribution in [2.24, 2.45) is 0 Å². The van der Waals surface area contributed by atoms with Gasteiger partial charge in [0.05, 0.1) is 6.04 Å². The molecule has 0 aliphatic heterocycles. The molecule has 1 aromatic carbocycles. The molecule has 2 rings (SSSR count). The Morgan fingerprint density at radius 2 is 2.14 bits per heavy atom. The lowest BCUT2D eigenvalue weighted by atomic mass is 10.1. The second-order valence-electron chi connectivity index (χ2n) is 4.44. The van der Waals surface area contributed by atoms with Gasteiger partial charge in [0.1, 0.15) is 11.6 Å². The number of nitrogens with one attached hydrogen (secondary N) is 1. The minimum Gasteiger partial charge on any atom is -0.345 e. The Kier molecular flexibility index (Phi) is 5.32. The second kappa shape index (κ2) is 7.21. The Morgan fingerprint density at radius 1 is 1.43 bits per heavy atom. The van der Waals surface area contributed by atoms with Crippen LogP contribution in [0.1, 0.15) is 23.4 Å². The van der Waals surface area contributed by atoms with E-state index in [1.54, 1.807) is 6.08 Å². The number of benzene rings is 1. The molecule has 1 N–H and O–H groups in total. The maximum Gasteiger partial charge on any atom is 0.262 e. The monoisotopic (exact) mass is 360 g/mol. The summed E-state index contributed by atoms with van der Waals surface area (Å²) in [6, 6.07) is 13.3. The van der Waals surface area contributed by atoms with Gasteiger partial charge in [-0.25, -0.2) is 0 Å². The first kappa shape index (κ1) is 15.5. The highest BCUT2D eigenvalue weighted by molar-refractivity contribution is 9.10. The highest BCUT2D eigenvalue weighted by Crippen LogP contribution is 2.22. The summed E-state index contributed by atoms with van der Waals surface area (Å²) in [5.41, 5.74) is 1.11. The Bertz CT molecular complexity index is 701. The number of nitriles is 1. The van der Waals surface area contributed by atoms with E-state index in [0.29, 0.717) is 0 Å². The third-order valence-corrected chi connectivity index (χ3v) is 4.53. The van der Waals surface area contributed by atoms with E-state index in [2.05, 4.69) is 21.2 Å². The van der Waals surface area contributed by atoms with Crippen LogP contribution in [0.4, 0.5) is 0 Å². The Balaban J connectivity index is 2.11. The van der Waals surface area contributed by atoms with Crippen LogP contribution in [0.5, 0.6) is 0 Å². The molecule has 3 nitrogen and oxygen atoms in total. The summed E-state index contributed by atoms with van der Waals surface area (Å²) < 4.78 is 0.939. The summed E-state index contributed by atoms with van der Waals surface area (Å²) in [5.74, 6) is -0.363. The highest BCUT2D eigenvalue weighted by atomic mass is 79.9. The molecule has 1 heterocycles. The summed E-state index contributed by atoms with van der Waals surface area (Å²) >= 11 is 4.82. The van der Waals surface area contributed by atoms with Crippen LogP contribution in [-0.2, 0) is 4.79 Å². The summed E-state index contributed by atoms with van der Waals surface area (Å²) in [6.07, 6.45) is 1.60. The van der Waals surface area contributed by atoms with Gasteiger partial charge in [0.15, 0.2) is 0 Å². The van der Waals surface area contributed by atoms with E-state index < -0.39 is 0 Å². The maximum absolute atomic E-state index is 12.2. The third-order valence-electron chi connectivity index (χ3n) is 2.89. The fourth-order valence-electron chi connectivity index (χ4n) is 1.79. The molecule has 106 valence electrons. The van der Waals surface area contributed by atoms with Gasteiger partial charge >= 0.3 is 0 Å². The molecule has 1 atom stereocenters. The largest absolute Gasteiger partial charge is 0.345 e. The Hall–Kier alpha value is -1.90. The van der Waals surface area contributed by atoms with E-state index in [1.807, 2.05) is 54.8 Å². The minimum absolute atomic E-state index is 0.104. The van der Waals surface area contributed by atoms with Gasteiger partial charge in [-0.3, -0.25) is 4.79 Å². The first-order chi connectivity index (χ1) is 10.1. The lowest BCUT2D eigenvalue weighted by molar-refractivity contribution is -0.117. The van der Waals surface area contributed by atoms with Crippen LogP contribution < -0.4 is 5.32 Å². The van der Waals surface area contributed by atoms with Crippen molar-refractivity contribution in [1.29, 1.82) is 5.26 Å². The van der Waals surface area contributed by atoms with E-state index >= 15 is 0 Å². The van der Waals surface area contributed by atoms with Crippen molar-refractivity contribution < 1.29 is 4.79 Å². The van der Waals surface area contributed by atoms with E-state index in [0.717, 1.165) is 14.9 Å². The van der Waals surface area contributed by atoms with Crippen molar-refractivity contribution in [2.45, 2.75) is 13.0 Å². The average Bonchev–Trinajstić information content (AvgIpc) is 2.90. The number of rotatable bonds is 4. The van der Waals surface area contributed by atoms with Crippen LogP contribution in [0.2, 0.25) is 0 Å². The van der Waals surface area contributed by atoms with E-state index in [9.17, 15) is 4.79 Å². The van der Waals surface area contributed by atoms with E-state index in [1.165, 1.54) is 11.3 Å². The first-order valence-electron chi connectivity index (χ1n) is 6.32. The normalized spacial score (nSPS) is 12.5. The summed E-state index contributed by atoms with van der Waals surface area (Å²) in [5, 5.41) is 13.9. The van der Waals surface area contributed by atoms with Gasteiger partial charge < -0.3 is 5.32 Å². The topological polar surface area (TPSA) is 52.9 Å². The van der Waals surface area contributed by atoms with Crippen LogP contribution in [0.15, 0.2) is 51.8 Å². The molecule has 0 saturated carbocycles. The van der Waals surface area contributed by atoms with Crippen molar-refractivity contribution >= 4 is 39.2 Å². The summed E-state index contributed by atoms with van der Waals surface area (Å²) in [4.78, 5) is 13.0. The molecule has 0 spiro atoms. The molecule has 0 radical (unpaired) electrons. The van der Waals surface area contributed by atoms with Crippen LogP contribution in [-0.4, -0.2) is 5.91 Å². The zero-order valence-corrected chi connectivity index (χ0v) is 13.7. The van der Waals surface area contributed by atoms with Crippen molar-refractivity contribution in [3.63, 3.8) is 0 Å². The molecule has 1 aromatic heterocycles. The Morgan fingerprint density at radius 3 is 2.71 bits per heavy atom. The van der Waals surface area contributed by atoms with Crippen molar-refractivity contribution in [3.05, 3.63) is 62.3 Å². The average molecular weight is 361 g/mol. The molecule has 5 heteroatoms. The molecule has 0 unspecified atom stereocenters. The van der Waals surface area contributed by atoms with Gasteiger partial charge in [0.25, 0.3) is 5.91 Å². The highest BCUT2D eigenvalue weighted by Gasteiger charge is 2.13. The van der Waals surface area contributed by atoms with Crippen LogP contribution in [0.3, 0.4) is 0 Å². The SMILES string of the molecule is C[C@H](NC(=O)/C(C#N)=C/c1cc(Br)cs1)c1ccccc1. The van der Waals surface area contributed by atoms with Crippen LogP contribution >= 0.6 is 27.3 Å². The van der Waals surface area contributed by atoms with Crippen molar-refractivity contribution in [1.82, 2.24) is 5.32 Å². The number of nitrogens with zero attached hydrogens (tertiary/aromatic N) is 1. The van der Waals surface area contributed by atoms with Gasteiger partial charge in [-0.2, -0.15) is 5.26 Å². The fourth-order valence-corrected chi connectivity index (χ4v) is 3.17. The van der Waals surface area contributed by atoms with Crippen molar-refractivity contribution in [3.8, 4) is 6.07 Å².